The highest BCUT2D eigenvalue weighted by Crippen LogP contribution is 2.23. The minimum atomic E-state index is -3.05. The highest BCUT2D eigenvalue weighted by atomic mass is 79.9. The fourth-order valence-electron chi connectivity index (χ4n) is 2.66. The molecule has 1 aromatic carbocycles. The molecule has 1 aliphatic heterocycles. The molecule has 1 aliphatic rings. The molecule has 0 amide bonds. The molecular formula is C15H24BrClN2O3S. The molecule has 0 aromatic heterocycles. The number of hydrogen-bond donors (Lipinski definition) is 1. The van der Waals surface area contributed by atoms with Crippen LogP contribution < -0.4 is 10.1 Å². The van der Waals surface area contributed by atoms with Gasteiger partial charge in [0.2, 0.25) is 10.0 Å². The summed E-state index contributed by atoms with van der Waals surface area (Å²) >= 11 is 3.47. The van der Waals surface area contributed by atoms with Crippen molar-refractivity contribution in [2.75, 3.05) is 26.0 Å². The number of rotatable bonds is 6. The molecule has 1 N–H and O–H groups in total. The molecule has 5 nitrogen and oxygen atoms in total. The first-order valence-corrected chi connectivity index (χ1v) is 9.90. The predicted octanol–water partition coefficient (Wildman–Crippen LogP) is 2.78. The van der Waals surface area contributed by atoms with E-state index in [9.17, 15) is 8.42 Å². The van der Waals surface area contributed by atoms with Crippen molar-refractivity contribution >= 4 is 38.4 Å². The zero-order valence-electron chi connectivity index (χ0n) is 13.4. The molecular weight excluding hydrogens is 404 g/mol. The van der Waals surface area contributed by atoms with Crippen LogP contribution in [0.4, 0.5) is 0 Å². The van der Waals surface area contributed by atoms with Crippen LogP contribution in [0.2, 0.25) is 0 Å². The number of nitrogens with one attached hydrogen (secondary N) is 1. The topological polar surface area (TPSA) is 58.6 Å². The second-order valence-corrected chi connectivity index (χ2v) is 8.58. The maximum absolute atomic E-state index is 11.8. The van der Waals surface area contributed by atoms with Crippen LogP contribution >= 0.6 is 28.3 Å². The minimum Gasteiger partial charge on any atom is -0.496 e. The highest BCUT2D eigenvalue weighted by molar-refractivity contribution is 9.10. The van der Waals surface area contributed by atoms with Crippen molar-refractivity contribution in [3.63, 3.8) is 0 Å². The van der Waals surface area contributed by atoms with Crippen molar-refractivity contribution < 1.29 is 13.2 Å². The summed E-state index contributed by atoms with van der Waals surface area (Å²) in [5, 5.41) is 3.51. The quantitative estimate of drug-likeness (QED) is 0.758. The molecule has 1 heterocycles. The highest BCUT2D eigenvalue weighted by Gasteiger charge is 2.26. The van der Waals surface area contributed by atoms with Gasteiger partial charge in [-0.2, -0.15) is 0 Å². The number of methoxy groups -OCH3 is 1. The lowest BCUT2D eigenvalue weighted by Crippen LogP contribution is -2.45. The van der Waals surface area contributed by atoms with Gasteiger partial charge >= 0.3 is 0 Å². The first-order chi connectivity index (χ1) is 10.5. The number of benzene rings is 1. The molecule has 2 rings (SSSR count). The van der Waals surface area contributed by atoms with Gasteiger partial charge in [-0.15, -0.1) is 12.4 Å². The molecule has 132 valence electrons. The Balaban J connectivity index is 0.00000264. The van der Waals surface area contributed by atoms with E-state index in [4.69, 9.17) is 4.74 Å². The fraction of sp³-hybridized carbons (Fsp3) is 0.600. The summed E-state index contributed by atoms with van der Waals surface area (Å²) in [4.78, 5) is 0. The third-order valence-corrected chi connectivity index (χ3v) is 6.41. The van der Waals surface area contributed by atoms with Crippen LogP contribution in [-0.4, -0.2) is 44.7 Å². The van der Waals surface area contributed by atoms with Gasteiger partial charge in [0.15, 0.2) is 0 Å². The van der Waals surface area contributed by atoms with Gasteiger partial charge in [-0.25, -0.2) is 12.7 Å². The molecule has 0 saturated carbocycles. The van der Waals surface area contributed by atoms with Gasteiger partial charge in [0.25, 0.3) is 0 Å². The van der Waals surface area contributed by atoms with Crippen molar-refractivity contribution in [2.24, 2.45) is 0 Å². The van der Waals surface area contributed by atoms with Gasteiger partial charge in [-0.1, -0.05) is 15.9 Å². The normalized spacial score (nSPS) is 16.8. The molecule has 0 unspecified atom stereocenters. The van der Waals surface area contributed by atoms with E-state index in [0.29, 0.717) is 25.7 Å². The Morgan fingerprint density at radius 3 is 2.57 bits per heavy atom. The van der Waals surface area contributed by atoms with E-state index < -0.39 is 10.0 Å². The summed E-state index contributed by atoms with van der Waals surface area (Å²) in [5.74, 6) is 1.04. The van der Waals surface area contributed by atoms with E-state index in [1.54, 1.807) is 18.3 Å². The summed E-state index contributed by atoms with van der Waals surface area (Å²) < 4.78 is 31.7. The van der Waals surface area contributed by atoms with Gasteiger partial charge in [-0.3, -0.25) is 0 Å². The Kier molecular flexibility index (Phi) is 8.30. The van der Waals surface area contributed by atoms with Crippen molar-refractivity contribution in [3.8, 4) is 5.75 Å². The van der Waals surface area contributed by atoms with E-state index in [0.717, 1.165) is 28.6 Å². The van der Waals surface area contributed by atoms with E-state index in [1.165, 1.54) is 0 Å². The average Bonchev–Trinajstić information content (AvgIpc) is 2.53. The monoisotopic (exact) mass is 426 g/mol. The summed E-state index contributed by atoms with van der Waals surface area (Å²) in [5.41, 5.74) is 1.10. The lowest BCUT2D eigenvalue weighted by molar-refractivity contribution is 0.288. The smallest absolute Gasteiger partial charge is 0.213 e. The second kappa shape index (κ2) is 9.22. The molecule has 0 spiro atoms. The van der Waals surface area contributed by atoms with Gasteiger partial charge in [0.05, 0.1) is 12.9 Å². The van der Waals surface area contributed by atoms with E-state index in [-0.39, 0.29) is 18.2 Å². The Bertz CT molecular complexity index is 605. The summed E-state index contributed by atoms with van der Waals surface area (Å²) in [7, 11) is -1.38. The largest absolute Gasteiger partial charge is 0.496 e. The molecule has 0 bridgehead atoms. The van der Waals surface area contributed by atoms with Crippen molar-refractivity contribution in [1.29, 1.82) is 0 Å². The van der Waals surface area contributed by atoms with Gasteiger partial charge < -0.3 is 10.1 Å². The third-order valence-electron chi connectivity index (χ3n) is 4.04. The molecule has 0 radical (unpaired) electrons. The Morgan fingerprint density at radius 1 is 1.35 bits per heavy atom. The molecule has 23 heavy (non-hydrogen) atoms. The molecule has 1 fully saturated rings. The van der Waals surface area contributed by atoms with Crippen molar-refractivity contribution in [2.45, 2.75) is 32.4 Å². The summed E-state index contributed by atoms with van der Waals surface area (Å²) in [6, 6.07) is 6.28. The molecule has 0 atom stereocenters. The first-order valence-electron chi connectivity index (χ1n) is 7.50. The van der Waals surface area contributed by atoms with Gasteiger partial charge in [0.1, 0.15) is 5.75 Å². The Hall–Kier alpha value is -0.340. The van der Waals surface area contributed by atoms with Crippen LogP contribution in [0.1, 0.15) is 25.3 Å². The summed E-state index contributed by atoms with van der Waals surface area (Å²) in [6.45, 7) is 3.61. The third kappa shape index (κ3) is 5.60. The van der Waals surface area contributed by atoms with Crippen LogP contribution in [0.15, 0.2) is 22.7 Å². The SMILES string of the molecule is CCS(=O)(=O)N1CCC(NCc2cc(Br)ccc2OC)CC1.Cl. The van der Waals surface area contributed by atoms with Crippen LogP contribution in [0, 0.1) is 0 Å². The number of sulfonamides is 1. The van der Waals surface area contributed by atoms with Crippen LogP contribution in [0.25, 0.3) is 0 Å². The Morgan fingerprint density at radius 2 is 2.00 bits per heavy atom. The standard InChI is InChI=1S/C15H23BrN2O3S.ClH/c1-3-22(19,20)18-8-6-14(7-9-18)17-11-12-10-13(16)4-5-15(12)21-2;/h4-5,10,14,17H,3,6-9,11H2,1-2H3;1H. The number of halogens is 2. The number of nitrogens with zero attached hydrogens (tertiary/aromatic N) is 1. The molecule has 1 aromatic rings. The maximum Gasteiger partial charge on any atom is 0.213 e. The molecule has 8 heteroatoms. The molecule has 0 aliphatic carbocycles. The number of ether oxygens (including phenoxy) is 1. The minimum absolute atomic E-state index is 0. The van der Waals surface area contributed by atoms with Crippen molar-refractivity contribution in [3.05, 3.63) is 28.2 Å². The average molecular weight is 428 g/mol. The van der Waals surface area contributed by atoms with Crippen LogP contribution in [0.3, 0.4) is 0 Å². The van der Waals surface area contributed by atoms with E-state index >= 15 is 0 Å². The number of piperidine rings is 1. The van der Waals surface area contributed by atoms with Gasteiger partial charge in [-0.05, 0) is 38.0 Å². The zero-order valence-corrected chi connectivity index (χ0v) is 16.6. The Labute approximate surface area is 153 Å². The summed E-state index contributed by atoms with van der Waals surface area (Å²) in [6.07, 6.45) is 1.69. The maximum atomic E-state index is 11.8. The van der Waals surface area contributed by atoms with Crippen LogP contribution in [0.5, 0.6) is 5.75 Å². The second-order valence-electron chi connectivity index (χ2n) is 5.41. The van der Waals surface area contributed by atoms with Crippen molar-refractivity contribution in [1.82, 2.24) is 9.62 Å². The van der Waals surface area contributed by atoms with Crippen LogP contribution in [-0.2, 0) is 16.6 Å². The fourth-order valence-corrected chi connectivity index (χ4v) is 4.20. The van der Waals surface area contributed by atoms with E-state index in [1.807, 2.05) is 18.2 Å². The van der Waals surface area contributed by atoms with E-state index in [2.05, 4.69) is 21.2 Å². The van der Waals surface area contributed by atoms with Gasteiger partial charge in [0, 0.05) is 35.7 Å². The lowest BCUT2D eigenvalue weighted by atomic mass is 10.1. The lowest BCUT2D eigenvalue weighted by Gasteiger charge is -2.31. The number of hydrogen-bond acceptors (Lipinski definition) is 4. The zero-order chi connectivity index (χ0) is 16.2. The first kappa shape index (κ1) is 20.7. The molecule has 1 saturated heterocycles. The predicted molar refractivity (Wildman–Crippen MR) is 98.8 cm³/mol.